The van der Waals surface area contributed by atoms with Crippen LogP contribution in [0, 0.1) is 0 Å². The van der Waals surface area contributed by atoms with Gasteiger partial charge in [-0.1, -0.05) is 18.2 Å². The van der Waals surface area contributed by atoms with E-state index in [-0.39, 0.29) is 11.9 Å². The maximum Gasteiger partial charge on any atom is 0.224 e. The van der Waals surface area contributed by atoms with Crippen LogP contribution in [0.3, 0.4) is 0 Å². The minimum Gasteiger partial charge on any atom is -0.361 e. The number of benzene rings is 1. The number of fused-ring (bicyclic) bond motifs is 1. The minimum absolute atomic E-state index is 0.00713. The first kappa shape index (κ1) is 11.7. The van der Waals surface area contributed by atoms with Crippen molar-refractivity contribution < 1.29 is 4.79 Å². The standard InChI is InChI=1S/C13H17N3O/c1-9(7-14)16-13(17)6-10-8-15-12-5-3-2-4-11(10)12/h2-5,8-9,15H,6-7,14H2,1H3,(H,16,17). The topological polar surface area (TPSA) is 70.9 Å². The average Bonchev–Trinajstić information content (AvgIpc) is 2.72. The highest BCUT2D eigenvalue weighted by molar-refractivity contribution is 5.88. The van der Waals surface area contributed by atoms with Gasteiger partial charge in [-0.3, -0.25) is 4.79 Å². The molecule has 0 saturated carbocycles. The number of hydrogen-bond acceptors (Lipinski definition) is 2. The first-order chi connectivity index (χ1) is 8.20. The van der Waals surface area contributed by atoms with Crippen molar-refractivity contribution in [1.82, 2.24) is 10.3 Å². The van der Waals surface area contributed by atoms with Crippen molar-refractivity contribution in [1.29, 1.82) is 0 Å². The van der Waals surface area contributed by atoms with Crippen molar-refractivity contribution in [2.24, 2.45) is 5.73 Å². The molecule has 0 aliphatic rings. The van der Waals surface area contributed by atoms with Crippen molar-refractivity contribution in [3.05, 3.63) is 36.0 Å². The Hall–Kier alpha value is -1.81. The van der Waals surface area contributed by atoms with E-state index in [4.69, 9.17) is 5.73 Å². The zero-order valence-corrected chi connectivity index (χ0v) is 9.86. The lowest BCUT2D eigenvalue weighted by atomic mass is 10.1. The number of nitrogens with one attached hydrogen (secondary N) is 2. The first-order valence-electron chi connectivity index (χ1n) is 5.75. The molecule has 0 bridgehead atoms. The molecule has 0 spiro atoms. The summed E-state index contributed by atoms with van der Waals surface area (Å²) in [5, 5.41) is 3.95. The van der Waals surface area contributed by atoms with E-state index >= 15 is 0 Å². The van der Waals surface area contributed by atoms with Crippen LogP contribution in [0.25, 0.3) is 10.9 Å². The van der Waals surface area contributed by atoms with Crippen LogP contribution >= 0.6 is 0 Å². The fraction of sp³-hybridized carbons (Fsp3) is 0.308. The van der Waals surface area contributed by atoms with Gasteiger partial charge in [-0.05, 0) is 18.6 Å². The highest BCUT2D eigenvalue weighted by Gasteiger charge is 2.09. The molecule has 1 heterocycles. The van der Waals surface area contributed by atoms with Crippen LogP contribution in [0.2, 0.25) is 0 Å². The zero-order chi connectivity index (χ0) is 12.3. The normalized spacial score (nSPS) is 12.6. The van der Waals surface area contributed by atoms with E-state index in [9.17, 15) is 4.79 Å². The molecule has 0 radical (unpaired) electrons. The summed E-state index contributed by atoms with van der Waals surface area (Å²) in [6.45, 7) is 2.35. The molecule has 2 rings (SSSR count). The summed E-state index contributed by atoms with van der Waals surface area (Å²) in [4.78, 5) is 14.9. The van der Waals surface area contributed by atoms with Crippen LogP contribution in [0.1, 0.15) is 12.5 Å². The number of hydrogen-bond donors (Lipinski definition) is 3. The van der Waals surface area contributed by atoms with Crippen LogP contribution in [-0.4, -0.2) is 23.5 Å². The van der Waals surface area contributed by atoms with Gasteiger partial charge in [0.25, 0.3) is 0 Å². The fourth-order valence-corrected chi connectivity index (χ4v) is 1.84. The number of rotatable bonds is 4. The lowest BCUT2D eigenvalue weighted by molar-refractivity contribution is -0.120. The molecule has 17 heavy (non-hydrogen) atoms. The van der Waals surface area contributed by atoms with Crippen LogP contribution in [0.5, 0.6) is 0 Å². The molecule has 1 unspecified atom stereocenters. The number of carbonyl (C=O) groups is 1. The van der Waals surface area contributed by atoms with Gasteiger partial charge >= 0.3 is 0 Å². The Morgan fingerprint density at radius 1 is 1.47 bits per heavy atom. The molecule has 1 aromatic carbocycles. The second-order valence-corrected chi connectivity index (χ2v) is 4.24. The summed E-state index contributed by atoms with van der Waals surface area (Å²) in [5.74, 6) is 0.00713. The van der Waals surface area contributed by atoms with Crippen molar-refractivity contribution in [3.8, 4) is 0 Å². The van der Waals surface area contributed by atoms with Gasteiger partial charge in [0, 0.05) is 29.7 Å². The number of aromatic nitrogens is 1. The molecular formula is C13H17N3O. The summed E-state index contributed by atoms with van der Waals surface area (Å²) in [6, 6.07) is 7.98. The van der Waals surface area contributed by atoms with E-state index < -0.39 is 0 Å². The highest BCUT2D eigenvalue weighted by Crippen LogP contribution is 2.17. The van der Waals surface area contributed by atoms with Gasteiger partial charge in [0.15, 0.2) is 0 Å². The summed E-state index contributed by atoms with van der Waals surface area (Å²) in [6.07, 6.45) is 2.27. The second-order valence-electron chi connectivity index (χ2n) is 4.24. The van der Waals surface area contributed by atoms with Crippen LogP contribution in [0.15, 0.2) is 30.5 Å². The van der Waals surface area contributed by atoms with Crippen LogP contribution in [0.4, 0.5) is 0 Å². The van der Waals surface area contributed by atoms with Gasteiger partial charge < -0.3 is 16.0 Å². The smallest absolute Gasteiger partial charge is 0.224 e. The molecule has 1 atom stereocenters. The maximum absolute atomic E-state index is 11.7. The molecule has 4 heteroatoms. The predicted octanol–water partition coefficient (Wildman–Crippen LogP) is 1.17. The molecular weight excluding hydrogens is 214 g/mol. The number of carbonyl (C=O) groups excluding carboxylic acids is 1. The van der Waals surface area contributed by atoms with E-state index in [1.165, 1.54) is 0 Å². The largest absolute Gasteiger partial charge is 0.361 e. The average molecular weight is 231 g/mol. The van der Waals surface area contributed by atoms with E-state index in [2.05, 4.69) is 10.3 Å². The predicted molar refractivity (Wildman–Crippen MR) is 68.7 cm³/mol. The van der Waals surface area contributed by atoms with Crippen LogP contribution in [-0.2, 0) is 11.2 Å². The molecule has 1 aromatic heterocycles. The summed E-state index contributed by atoms with van der Waals surface area (Å²) < 4.78 is 0. The third kappa shape index (κ3) is 2.65. The molecule has 0 aliphatic heterocycles. The number of aromatic amines is 1. The molecule has 0 fully saturated rings. The Morgan fingerprint density at radius 2 is 2.24 bits per heavy atom. The van der Waals surface area contributed by atoms with Gasteiger partial charge in [0.1, 0.15) is 0 Å². The molecule has 4 N–H and O–H groups in total. The summed E-state index contributed by atoms with van der Waals surface area (Å²) in [7, 11) is 0. The molecule has 1 amide bonds. The Morgan fingerprint density at radius 3 is 3.00 bits per heavy atom. The number of nitrogens with two attached hydrogens (primary N) is 1. The monoisotopic (exact) mass is 231 g/mol. The summed E-state index contributed by atoms with van der Waals surface area (Å²) in [5.41, 5.74) is 7.54. The van der Waals surface area contributed by atoms with Crippen LogP contribution < -0.4 is 11.1 Å². The quantitative estimate of drug-likeness (QED) is 0.739. The molecule has 90 valence electrons. The number of amides is 1. The van der Waals surface area contributed by atoms with E-state index in [0.29, 0.717) is 13.0 Å². The summed E-state index contributed by atoms with van der Waals surface area (Å²) >= 11 is 0. The van der Waals surface area contributed by atoms with Gasteiger partial charge in [0.05, 0.1) is 6.42 Å². The van der Waals surface area contributed by atoms with Crippen molar-refractivity contribution in [3.63, 3.8) is 0 Å². The van der Waals surface area contributed by atoms with Gasteiger partial charge in [-0.25, -0.2) is 0 Å². The Labute approximate surface area is 100 Å². The van der Waals surface area contributed by atoms with Crippen molar-refractivity contribution in [2.75, 3.05) is 6.54 Å². The fourth-order valence-electron chi connectivity index (χ4n) is 1.84. The van der Waals surface area contributed by atoms with Gasteiger partial charge in [-0.15, -0.1) is 0 Å². The van der Waals surface area contributed by atoms with Gasteiger partial charge in [0.2, 0.25) is 5.91 Å². The molecule has 0 saturated heterocycles. The molecule has 0 aliphatic carbocycles. The second kappa shape index (κ2) is 5.01. The first-order valence-corrected chi connectivity index (χ1v) is 5.75. The number of para-hydroxylation sites is 1. The highest BCUT2D eigenvalue weighted by atomic mass is 16.1. The maximum atomic E-state index is 11.7. The lowest BCUT2D eigenvalue weighted by Gasteiger charge is -2.10. The van der Waals surface area contributed by atoms with Crippen molar-refractivity contribution in [2.45, 2.75) is 19.4 Å². The molecule has 2 aromatic rings. The van der Waals surface area contributed by atoms with E-state index in [1.54, 1.807) is 0 Å². The lowest BCUT2D eigenvalue weighted by Crippen LogP contribution is -2.38. The third-order valence-corrected chi connectivity index (χ3v) is 2.79. The Balaban J connectivity index is 2.11. The Kier molecular flexibility index (Phi) is 3.44. The van der Waals surface area contributed by atoms with E-state index in [1.807, 2.05) is 37.4 Å². The number of H-pyrrole nitrogens is 1. The minimum atomic E-state index is 0.00713. The van der Waals surface area contributed by atoms with Gasteiger partial charge in [-0.2, -0.15) is 0 Å². The SMILES string of the molecule is CC(CN)NC(=O)Cc1c[nH]c2ccccc12. The zero-order valence-electron chi connectivity index (χ0n) is 9.86. The van der Waals surface area contributed by atoms with E-state index in [0.717, 1.165) is 16.5 Å². The third-order valence-electron chi connectivity index (χ3n) is 2.79. The molecule has 4 nitrogen and oxygen atoms in total. The van der Waals surface area contributed by atoms with Crippen molar-refractivity contribution >= 4 is 16.8 Å². The Bertz CT molecular complexity index is 518.